The highest BCUT2D eigenvalue weighted by atomic mass is 19.1. The molecule has 3 heteroatoms. The Hall–Kier alpha value is -1.38. The van der Waals surface area contributed by atoms with E-state index in [1.807, 2.05) is 6.92 Å². The smallest absolute Gasteiger partial charge is 0.341 e. The van der Waals surface area contributed by atoms with Crippen LogP contribution in [0.15, 0.2) is 18.2 Å². The molecule has 1 rings (SSSR count). The molecule has 94 valence electrons. The Morgan fingerprint density at radius 2 is 2.00 bits per heavy atom. The van der Waals surface area contributed by atoms with Crippen molar-refractivity contribution in [3.63, 3.8) is 0 Å². The van der Waals surface area contributed by atoms with Gasteiger partial charge in [-0.25, -0.2) is 9.18 Å². The van der Waals surface area contributed by atoms with E-state index >= 15 is 0 Å². The second-order valence-corrected chi connectivity index (χ2v) is 5.03. The number of carbonyl (C=O) groups excluding carboxylic acids is 1. The third-order valence-electron chi connectivity index (χ3n) is 2.22. The fourth-order valence-electron chi connectivity index (χ4n) is 1.53. The third-order valence-corrected chi connectivity index (χ3v) is 2.22. The summed E-state index contributed by atoms with van der Waals surface area (Å²) in [6, 6.07) is 4.85. The maximum Gasteiger partial charge on any atom is 0.341 e. The minimum atomic E-state index is -0.607. The molecule has 0 bridgehead atoms. The van der Waals surface area contributed by atoms with Crippen molar-refractivity contribution >= 4 is 5.97 Å². The molecule has 0 aliphatic rings. The van der Waals surface area contributed by atoms with Crippen molar-refractivity contribution in [2.24, 2.45) is 0 Å². The lowest BCUT2D eigenvalue weighted by Gasteiger charge is -2.20. The summed E-state index contributed by atoms with van der Waals surface area (Å²) in [6.45, 7) is 7.26. The second kappa shape index (κ2) is 5.30. The van der Waals surface area contributed by atoms with Gasteiger partial charge in [-0.1, -0.05) is 25.5 Å². The van der Waals surface area contributed by atoms with Crippen molar-refractivity contribution < 1.29 is 13.9 Å². The predicted octanol–water partition coefficient (Wildman–Crippen LogP) is 3.73. The van der Waals surface area contributed by atoms with Crippen LogP contribution in [0.1, 0.15) is 50.0 Å². The Morgan fingerprint density at radius 3 is 2.53 bits per heavy atom. The Morgan fingerprint density at radius 1 is 1.35 bits per heavy atom. The highest BCUT2D eigenvalue weighted by Gasteiger charge is 2.21. The first-order chi connectivity index (χ1) is 7.85. The van der Waals surface area contributed by atoms with Gasteiger partial charge in [0.15, 0.2) is 0 Å². The number of rotatable bonds is 3. The fraction of sp³-hybridized carbons (Fsp3) is 0.500. The summed E-state index contributed by atoms with van der Waals surface area (Å²) in [6.07, 6.45) is 1.47. The van der Waals surface area contributed by atoms with Gasteiger partial charge in [-0.15, -0.1) is 0 Å². The number of hydrogen-bond donors (Lipinski definition) is 0. The van der Waals surface area contributed by atoms with Crippen LogP contribution in [0.2, 0.25) is 0 Å². The zero-order valence-corrected chi connectivity index (χ0v) is 10.8. The van der Waals surface area contributed by atoms with Crippen LogP contribution in [-0.4, -0.2) is 11.6 Å². The van der Waals surface area contributed by atoms with Crippen LogP contribution in [0, 0.1) is 5.82 Å². The summed E-state index contributed by atoms with van der Waals surface area (Å²) in [5.74, 6) is -1.06. The van der Waals surface area contributed by atoms with Gasteiger partial charge in [-0.2, -0.15) is 0 Å². The zero-order chi connectivity index (χ0) is 13.1. The van der Waals surface area contributed by atoms with E-state index in [0.717, 1.165) is 6.42 Å². The summed E-state index contributed by atoms with van der Waals surface area (Å²) < 4.78 is 19.1. The number of halogens is 1. The highest BCUT2D eigenvalue weighted by Crippen LogP contribution is 2.18. The van der Waals surface area contributed by atoms with Gasteiger partial charge in [0, 0.05) is 0 Å². The van der Waals surface area contributed by atoms with Gasteiger partial charge in [-0.3, -0.25) is 0 Å². The molecule has 0 amide bonds. The molecule has 0 saturated heterocycles. The quantitative estimate of drug-likeness (QED) is 0.750. The number of esters is 1. The standard InChI is InChI=1S/C14H19FO2/c1-5-7-10-8-6-9-11(12(10)15)13(16)17-14(2,3)4/h6,8-9H,5,7H2,1-4H3. The Labute approximate surface area is 102 Å². The largest absolute Gasteiger partial charge is 0.456 e. The van der Waals surface area contributed by atoms with Crippen LogP contribution < -0.4 is 0 Å². The lowest BCUT2D eigenvalue weighted by atomic mass is 10.1. The van der Waals surface area contributed by atoms with Crippen LogP contribution in [0.3, 0.4) is 0 Å². The molecule has 1 aromatic rings. The van der Waals surface area contributed by atoms with Crippen molar-refractivity contribution in [3.8, 4) is 0 Å². The van der Waals surface area contributed by atoms with E-state index in [1.165, 1.54) is 6.07 Å². The Balaban J connectivity index is 2.98. The van der Waals surface area contributed by atoms with Crippen LogP contribution in [0.5, 0.6) is 0 Å². The van der Waals surface area contributed by atoms with Crippen molar-refractivity contribution in [1.82, 2.24) is 0 Å². The topological polar surface area (TPSA) is 26.3 Å². The molecule has 17 heavy (non-hydrogen) atoms. The van der Waals surface area contributed by atoms with E-state index in [-0.39, 0.29) is 5.56 Å². The molecule has 0 spiro atoms. The molecule has 0 radical (unpaired) electrons. The molecule has 0 fully saturated rings. The summed E-state index contributed by atoms with van der Waals surface area (Å²) >= 11 is 0. The third kappa shape index (κ3) is 3.84. The monoisotopic (exact) mass is 238 g/mol. The molecule has 0 N–H and O–H groups in total. The number of carbonyl (C=O) groups is 1. The van der Waals surface area contributed by atoms with Crippen molar-refractivity contribution in [1.29, 1.82) is 0 Å². The number of hydrogen-bond acceptors (Lipinski definition) is 2. The number of aryl methyl sites for hydroxylation is 1. The molecular formula is C14H19FO2. The SMILES string of the molecule is CCCc1cccc(C(=O)OC(C)(C)C)c1F. The predicted molar refractivity (Wildman–Crippen MR) is 65.6 cm³/mol. The van der Waals surface area contributed by atoms with Crippen molar-refractivity contribution in [3.05, 3.63) is 35.1 Å². The van der Waals surface area contributed by atoms with E-state index < -0.39 is 17.4 Å². The van der Waals surface area contributed by atoms with E-state index in [1.54, 1.807) is 32.9 Å². The minimum Gasteiger partial charge on any atom is -0.456 e. The summed E-state index contributed by atoms with van der Waals surface area (Å²) in [5, 5.41) is 0. The second-order valence-electron chi connectivity index (χ2n) is 5.03. The van der Waals surface area contributed by atoms with Gasteiger partial charge in [-0.05, 0) is 38.8 Å². The Bertz CT molecular complexity index is 405. The highest BCUT2D eigenvalue weighted by molar-refractivity contribution is 5.90. The summed E-state index contributed by atoms with van der Waals surface area (Å²) in [5.41, 5.74) is -0.0219. The molecule has 0 aliphatic heterocycles. The zero-order valence-electron chi connectivity index (χ0n) is 10.8. The average molecular weight is 238 g/mol. The van der Waals surface area contributed by atoms with Gasteiger partial charge in [0.05, 0.1) is 5.56 Å². The van der Waals surface area contributed by atoms with Gasteiger partial charge in [0.2, 0.25) is 0 Å². The van der Waals surface area contributed by atoms with Crippen LogP contribution in [0.4, 0.5) is 4.39 Å². The van der Waals surface area contributed by atoms with Crippen LogP contribution in [0.25, 0.3) is 0 Å². The molecule has 0 unspecified atom stereocenters. The molecule has 2 nitrogen and oxygen atoms in total. The summed E-state index contributed by atoms with van der Waals surface area (Å²) in [7, 11) is 0. The Kier molecular flexibility index (Phi) is 4.27. The van der Waals surface area contributed by atoms with E-state index in [4.69, 9.17) is 4.74 Å². The van der Waals surface area contributed by atoms with Gasteiger partial charge >= 0.3 is 5.97 Å². The molecule has 0 aromatic heterocycles. The summed E-state index contributed by atoms with van der Waals surface area (Å²) in [4.78, 5) is 11.8. The number of benzene rings is 1. The van der Waals surface area contributed by atoms with Gasteiger partial charge < -0.3 is 4.74 Å². The minimum absolute atomic E-state index is 0.0193. The first-order valence-corrected chi connectivity index (χ1v) is 5.86. The van der Waals surface area contributed by atoms with E-state index in [9.17, 15) is 9.18 Å². The first-order valence-electron chi connectivity index (χ1n) is 5.86. The molecule has 0 saturated carbocycles. The molecule has 0 atom stereocenters. The fourth-order valence-corrected chi connectivity index (χ4v) is 1.53. The molecule has 0 aliphatic carbocycles. The maximum absolute atomic E-state index is 14.0. The normalized spacial score (nSPS) is 11.4. The number of ether oxygens (including phenoxy) is 1. The average Bonchev–Trinajstić information content (AvgIpc) is 2.18. The lowest BCUT2D eigenvalue weighted by molar-refractivity contribution is 0.00645. The molecule has 0 heterocycles. The van der Waals surface area contributed by atoms with Crippen molar-refractivity contribution in [2.45, 2.75) is 46.1 Å². The van der Waals surface area contributed by atoms with E-state index in [2.05, 4.69) is 0 Å². The van der Waals surface area contributed by atoms with Crippen LogP contribution in [-0.2, 0) is 11.2 Å². The van der Waals surface area contributed by atoms with E-state index in [0.29, 0.717) is 12.0 Å². The van der Waals surface area contributed by atoms with Crippen LogP contribution >= 0.6 is 0 Å². The molecule has 1 aromatic carbocycles. The molecular weight excluding hydrogens is 219 g/mol. The maximum atomic E-state index is 14.0. The lowest BCUT2D eigenvalue weighted by Crippen LogP contribution is -2.24. The first kappa shape index (κ1) is 13.7. The van der Waals surface area contributed by atoms with Gasteiger partial charge in [0.25, 0.3) is 0 Å². The van der Waals surface area contributed by atoms with Gasteiger partial charge in [0.1, 0.15) is 11.4 Å². The van der Waals surface area contributed by atoms with Crippen molar-refractivity contribution in [2.75, 3.05) is 0 Å².